The lowest BCUT2D eigenvalue weighted by molar-refractivity contribution is 0.734. The zero-order chi connectivity index (χ0) is 19.9. The smallest absolute Gasteiger partial charge is 0.0848 e. The number of pyridine rings is 2. The number of nitrogens with zero attached hydrogens (tertiary/aromatic N) is 2. The van der Waals surface area contributed by atoms with Gasteiger partial charge in [0.15, 0.2) is 0 Å². The van der Waals surface area contributed by atoms with Gasteiger partial charge in [-0.05, 0) is 92.2 Å². The number of benzene rings is 2. The first-order valence-electron chi connectivity index (χ1n) is 9.19. The first-order valence-corrected chi connectivity index (χ1v) is 13.3. The number of aromatic nitrogens is 2. The molecule has 2 aliphatic heterocycles. The van der Waals surface area contributed by atoms with Gasteiger partial charge in [-0.15, -0.1) is 11.8 Å². The maximum atomic E-state index is 5.12. The van der Waals surface area contributed by atoms with E-state index in [0.717, 1.165) is 41.8 Å². The predicted octanol–water partition coefficient (Wildman–Crippen LogP) is 8.46. The van der Waals surface area contributed by atoms with Gasteiger partial charge >= 0.3 is 0 Å². The Balaban J connectivity index is 1.53. The molecule has 29 heavy (non-hydrogen) atoms. The highest BCUT2D eigenvalue weighted by Crippen LogP contribution is 2.54. The lowest BCUT2D eigenvalue weighted by Crippen LogP contribution is -2.23. The van der Waals surface area contributed by atoms with Crippen LogP contribution in [0.25, 0.3) is 21.8 Å². The van der Waals surface area contributed by atoms with E-state index in [2.05, 4.69) is 100 Å². The zero-order valence-electron chi connectivity index (χ0n) is 14.8. The van der Waals surface area contributed by atoms with E-state index in [-0.39, 0.29) is 0 Å². The molecule has 0 spiro atoms. The van der Waals surface area contributed by atoms with Crippen LogP contribution >= 0.6 is 75.5 Å². The Morgan fingerprint density at radius 2 is 1.10 bits per heavy atom. The van der Waals surface area contributed by atoms with E-state index in [1.165, 1.54) is 33.3 Å². The van der Waals surface area contributed by atoms with Crippen molar-refractivity contribution in [3.8, 4) is 0 Å². The summed E-state index contributed by atoms with van der Waals surface area (Å²) in [5.74, 6) is 0. The topological polar surface area (TPSA) is 25.8 Å². The number of hydrogen-bond donors (Lipinski definition) is 0. The fourth-order valence-electron chi connectivity index (χ4n) is 4.44. The molecule has 2 nitrogen and oxygen atoms in total. The van der Waals surface area contributed by atoms with Crippen molar-refractivity contribution in [1.29, 1.82) is 0 Å². The van der Waals surface area contributed by atoms with Crippen molar-refractivity contribution in [1.82, 2.24) is 9.97 Å². The molecule has 2 aromatic carbocycles. The van der Waals surface area contributed by atoms with Gasteiger partial charge in [0, 0.05) is 28.7 Å². The highest BCUT2D eigenvalue weighted by molar-refractivity contribution is 9.11. The average molecular weight is 656 g/mol. The monoisotopic (exact) mass is 652 g/mol. The Hall–Kier alpha value is -0.470. The molecule has 4 aromatic rings. The standard InChI is InChI=1S/C22H12Br4N2S/c23-13-3-9-1-11-5-17-22-12(2-10-4-14(24)8-16(26)20(10)28-22)6-18(29-17)21(11)27-19(9)15(25)7-13/h1-4,7-8,17-18H,5-6H2/t17-,18-/m0/s1. The molecule has 0 saturated heterocycles. The third kappa shape index (κ3) is 3.15. The van der Waals surface area contributed by atoms with E-state index in [0.29, 0.717) is 10.5 Å². The molecule has 7 heteroatoms. The molecule has 2 atom stereocenters. The Labute approximate surface area is 205 Å². The molecule has 0 fully saturated rings. The van der Waals surface area contributed by atoms with Gasteiger partial charge in [0.05, 0.1) is 32.9 Å². The molecule has 4 heterocycles. The maximum Gasteiger partial charge on any atom is 0.0848 e. The highest BCUT2D eigenvalue weighted by Gasteiger charge is 2.37. The summed E-state index contributed by atoms with van der Waals surface area (Å²) >= 11 is 16.6. The minimum absolute atomic E-state index is 0.381. The van der Waals surface area contributed by atoms with Crippen LogP contribution in [-0.2, 0) is 12.8 Å². The van der Waals surface area contributed by atoms with Crippen LogP contribution in [-0.4, -0.2) is 9.97 Å². The summed E-state index contributed by atoms with van der Waals surface area (Å²) in [7, 11) is 0. The quantitative estimate of drug-likeness (QED) is 0.190. The SMILES string of the molecule is Brc1cc(Br)c2nc3c(cc2c1)C[C@@H]1S[C@H]3Cc2cc3cc(Br)cc(Br)c3nc21. The number of fused-ring (bicyclic) bond motifs is 8. The van der Waals surface area contributed by atoms with E-state index in [1.54, 1.807) is 0 Å². The average Bonchev–Trinajstić information content (AvgIpc) is 2.65. The molecule has 2 aromatic heterocycles. The second-order valence-electron chi connectivity index (χ2n) is 7.51. The van der Waals surface area contributed by atoms with E-state index in [1.807, 2.05) is 11.8 Å². The lowest BCUT2D eigenvalue weighted by atomic mass is 9.91. The van der Waals surface area contributed by atoms with Gasteiger partial charge in [-0.1, -0.05) is 31.9 Å². The molecule has 0 radical (unpaired) electrons. The summed E-state index contributed by atoms with van der Waals surface area (Å²) in [5.41, 5.74) is 7.28. The molecule has 2 aliphatic rings. The van der Waals surface area contributed by atoms with E-state index in [9.17, 15) is 0 Å². The van der Waals surface area contributed by atoms with Gasteiger partial charge < -0.3 is 0 Å². The van der Waals surface area contributed by atoms with Crippen molar-refractivity contribution in [3.05, 3.63) is 76.8 Å². The number of rotatable bonds is 0. The Bertz CT molecular complexity index is 1250. The molecule has 0 saturated carbocycles. The Morgan fingerprint density at radius 3 is 1.55 bits per heavy atom. The third-order valence-electron chi connectivity index (χ3n) is 5.65. The molecule has 0 aliphatic carbocycles. The highest BCUT2D eigenvalue weighted by atomic mass is 79.9. The molecule has 6 rings (SSSR count). The van der Waals surface area contributed by atoms with Crippen molar-refractivity contribution in [2.75, 3.05) is 0 Å². The van der Waals surface area contributed by atoms with Crippen LogP contribution in [0, 0.1) is 0 Å². The summed E-state index contributed by atoms with van der Waals surface area (Å²) in [4.78, 5) is 10.2. The fourth-order valence-corrected chi connectivity index (χ4v) is 8.74. The third-order valence-corrected chi connectivity index (χ3v) is 9.21. The van der Waals surface area contributed by atoms with E-state index >= 15 is 0 Å². The molecule has 144 valence electrons. The zero-order valence-corrected chi connectivity index (χ0v) is 22.0. The van der Waals surface area contributed by atoms with E-state index < -0.39 is 0 Å². The van der Waals surface area contributed by atoms with Gasteiger partial charge in [-0.3, -0.25) is 9.97 Å². The van der Waals surface area contributed by atoms with E-state index in [4.69, 9.17) is 9.97 Å². The predicted molar refractivity (Wildman–Crippen MR) is 135 cm³/mol. The van der Waals surface area contributed by atoms with Crippen molar-refractivity contribution >= 4 is 97.3 Å². The van der Waals surface area contributed by atoms with Crippen LogP contribution in [0.15, 0.2) is 54.3 Å². The van der Waals surface area contributed by atoms with Gasteiger partial charge in [-0.25, -0.2) is 0 Å². The number of hydrogen-bond acceptors (Lipinski definition) is 3. The van der Waals surface area contributed by atoms with Crippen LogP contribution in [0.1, 0.15) is 33.0 Å². The lowest BCUT2D eigenvalue weighted by Gasteiger charge is -2.36. The molecular formula is C22H12Br4N2S. The summed E-state index contributed by atoms with van der Waals surface area (Å²) < 4.78 is 4.21. The minimum atomic E-state index is 0.381. The van der Waals surface area contributed by atoms with Gasteiger partial charge in [0.2, 0.25) is 0 Å². The molecule has 0 unspecified atom stereocenters. The summed E-state index contributed by atoms with van der Waals surface area (Å²) in [6, 6.07) is 13.1. The molecule has 0 N–H and O–H groups in total. The van der Waals surface area contributed by atoms with Crippen molar-refractivity contribution in [2.45, 2.75) is 23.3 Å². The van der Waals surface area contributed by atoms with Gasteiger partial charge in [0.1, 0.15) is 0 Å². The fraction of sp³-hybridized carbons (Fsp3) is 0.182. The van der Waals surface area contributed by atoms with Crippen LogP contribution in [0.4, 0.5) is 0 Å². The Kier molecular flexibility index (Phi) is 4.66. The molecule has 0 amide bonds. The molecular weight excluding hydrogens is 644 g/mol. The largest absolute Gasteiger partial charge is 0.250 e. The summed E-state index contributed by atoms with van der Waals surface area (Å²) in [5, 5.41) is 3.11. The second-order valence-corrected chi connectivity index (χ2v) is 12.5. The van der Waals surface area contributed by atoms with Crippen molar-refractivity contribution < 1.29 is 0 Å². The van der Waals surface area contributed by atoms with Crippen LogP contribution < -0.4 is 0 Å². The van der Waals surface area contributed by atoms with Crippen LogP contribution in [0.5, 0.6) is 0 Å². The first-order chi connectivity index (χ1) is 14.0. The number of halogens is 4. The minimum Gasteiger partial charge on any atom is -0.250 e. The normalized spacial score (nSPS) is 20.0. The van der Waals surface area contributed by atoms with Gasteiger partial charge in [0.25, 0.3) is 0 Å². The van der Waals surface area contributed by atoms with Crippen molar-refractivity contribution in [3.63, 3.8) is 0 Å². The maximum absolute atomic E-state index is 5.12. The summed E-state index contributed by atoms with van der Waals surface area (Å²) in [6.45, 7) is 0. The molecule has 2 bridgehead atoms. The number of thioether (sulfide) groups is 1. The second kappa shape index (κ2) is 7.02. The van der Waals surface area contributed by atoms with Crippen molar-refractivity contribution in [2.24, 2.45) is 0 Å². The Morgan fingerprint density at radius 1 is 0.655 bits per heavy atom. The first kappa shape index (κ1) is 19.2. The van der Waals surface area contributed by atoms with Crippen LogP contribution in [0.2, 0.25) is 0 Å². The van der Waals surface area contributed by atoms with Crippen LogP contribution in [0.3, 0.4) is 0 Å². The van der Waals surface area contributed by atoms with Gasteiger partial charge in [-0.2, -0.15) is 0 Å². The summed E-state index contributed by atoms with van der Waals surface area (Å²) in [6.07, 6.45) is 1.95.